The molecular weight excluding hydrogens is 366 g/mol. The van der Waals surface area contributed by atoms with Gasteiger partial charge in [-0.2, -0.15) is 0 Å². The van der Waals surface area contributed by atoms with Gasteiger partial charge < -0.3 is 9.15 Å². The second-order valence-electron chi connectivity index (χ2n) is 5.78. The van der Waals surface area contributed by atoms with E-state index in [1.165, 1.54) is 24.9 Å². The molecular formula is C20H13NO5S. The molecule has 27 heavy (non-hydrogen) atoms. The van der Waals surface area contributed by atoms with Crippen LogP contribution in [0.2, 0.25) is 0 Å². The first kappa shape index (κ1) is 17.1. The highest BCUT2D eigenvalue weighted by Crippen LogP contribution is 2.41. The summed E-state index contributed by atoms with van der Waals surface area (Å²) in [6.07, 6.45) is 1.66. The number of carbonyl (C=O) groups is 1. The first-order valence-electron chi connectivity index (χ1n) is 8.03. The highest BCUT2D eigenvalue weighted by molar-refractivity contribution is 8.04. The summed E-state index contributed by atoms with van der Waals surface area (Å²) in [6, 6.07) is 15.3. The molecule has 0 atom stereocenters. The van der Waals surface area contributed by atoms with Gasteiger partial charge in [-0.05, 0) is 42.5 Å². The van der Waals surface area contributed by atoms with Crippen LogP contribution in [0, 0.1) is 10.1 Å². The Labute approximate surface area is 158 Å². The maximum atomic E-state index is 12.5. The summed E-state index contributed by atoms with van der Waals surface area (Å²) in [5, 5.41) is 11.4. The van der Waals surface area contributed by atoms with Crippen molar-refractivity contribution < 1.29 is 18.9 Å². The van der Waals surface area contributed by atoms with Gasteiger partial charge >= 0.3 is 0 Å². The molecule has 0 unspecified atom stereocenters. The summed E-state index contributed by atoms with van der Waals surface area (Å²) < 4.78 is 10.8. The van der Waals surface area contributed by atoms with Gasteiger partial charge in [0.1, 0.15) is 17.3 Å². The van der Waals surface area contributed by atoms with Crippen molar-refractivity contribution in [2.75, 3.05) is 7.11 Å². The molecule has 1 aliphatic rings. The number of hydrogen-bond donors (Lipinski definition) is 0. The van der Waals surface area contributed by atoms with Crippen LogP contribution in [0.4, 0.5) is 5.69 Å². The lowest BCUT2D eigenvalue weighted by atomic mass is 10.1. The molecule has 134 valence electrons. The van der Waals surface area contributed by atoms with Crippen molar-refractivity contribution in [1.29, 1.82) is 0 Å². The molecule has 1 aliphatic heterocycles. The number of benzene rings is 2. The summed E-state index contributed by atoms with van der Waals surface area (Å²) in [5.74, 6) is 1.15. The average Bonchev–Trinajstić information content (AvgIpc) is 3.27. The van der Waals surface area contributed by atoms with E-state index < -0.39 is 4.92 Å². The zero-order chi connectivity index (χ0) is 19.0. The summed E-state index contributed by atoms with van der Waals surface area (Å²) in [4.78, 5) is 24.8. The minimum Gasteiger partial charge on any atom is -0.497 e. The van der Waals surface area contributed by atoms with E-state index in [2.05, 4.69) is 0 Å². The Kier molecular flexibility index (Phi) is 4.29. The summed E-state index contributed by atoms with van der Waals surface area (Å²) in [6.45, 7) is 0. The molecule has 0 N–H and O–H groups in total. The van der Waals surface area contributed by atoms with Crippen LogP contribution in [0.5, 0.6) is 5.75 Å². The third kappa shape index (κ3) is 3.13. The topological polar surface area (TPSA) is 82.6 Å². The molecule has 7 heteroatoms. The third-order valence-electron chi connectivity index (χ3n) is 4.14. The van der Waals surface area contributed by atoms with Crippen molar-refractivity contribution in [2.45, 2.75) is 4.90 Å². The quantitative estimate of drug-likeness (QED) is 0.352. The van der Waals surface area contributed by atoms with Crippen LogP contribution in [0.15, 0.2) is 68.8 Å². The number of nitrogens with zero attached hydrogens (tertiary/aromatic N) is 1. The molecule has 0 spiro atoms. The molecule has 6 nitrogen and oxygen atoms in total. The minimum absolute atomic E-state index is 0.0519. The second kappa shape index (κ2) is 6.77. The number of methoxy groups -OCH3 is 1. The Balaban J connectivity index is 1.68. The number of ketones is 1. The van der Waals surface area contributed by atoms with Gasteiger partial charge in [-0.1, -0.05) is 23.9 Å². The summed E-state index contributed by atoms with van der Waals surface area (Å²) in [7, 11) is 1.45. The molecule has 2 aromatic carbocycles. The largest absolute Gasteiger partial charge is 0.497 e. The van der Waals surface area contributed by atoms with Gasteiger partial charge in [0.2, 0.25) is 5.78 Å². The van der Waals surface area contributed by atoms with Gasteiger partial charge in [-0.15, -0.1) is 0 Å². The summed E-state index contributed by atoms with van der Waals surface area (Å²) in [5.41, 5.74) is 0.909. The molecule has 0 amide bonds. The first-order chi connectivity index (χ1) is 13.1. The van der Waals surface area contributed by atoms with Crippen LogP contribution in [0.3, 0.4) is 0 Å². The average molecular weight is 379 g/mol. The normalized spacial score (nSPS) is 14.4. The Morgan fingerprint density at radius 3 is 2.67 bits per heavy atom. The molecule has 0 saturated heterocycles. The number of hydrogen-bond acceptors (Lipinski definition) is 6. The lowest BCUT2D eigenvalue weighted by Gasteiger charge is -2.03. The Morgan fingerprint density at radius 1 is 1.11 bits per heavy atom. The van der Waals surface area contributed by atoms with E-state index in [0.29, 0.717) is 33.3 Å². The third-order valence-corrected chi connectivity index (χ3v) is 5.24. The van der Waals surface area contributed by atoms with E-state index in [1.807, 2.05) is 18.2 Å². The van der Waals surface area contributed by atoms with Crippen molar-refractivity contribution in [3.63, 3.8) is 0 Å². The molecule has 2 heterocycles. The highest BCUT2D eigenvalue weighted by Gasteiger charge is 2.26. The molecule has 4 rings (SSSR count). The van der Waals surface area contributed by atoms with Crippen LogP contribution in [0.25, 0.3) is 17.4 Å². The van der Waals surface area contributed by atoms with E-state index in [-0.39, 0.29) is 11.5 Å². The van der Waals surface area contributed by atoms with E-state index in [9.17, 15) is 14.9 Å². The number of furan rings is 1. The number of Topliss-reactive ketones (excluding diaryl/α,β-unsaturated/α-hetero) is 1. The molecule has 0 saturated carbocycles. The number of rotatable bonds is 4. The molecule has 0 fully saturated rings. The number of fused-ring (bicyclic) bond motifs is 1. The minimum atomic E-state index is -0.481. The number of ether oxygens (including phenoxy) is 1. The molecule has 0 radical (unpaired) electrons. The van der Waals surface area contributed by atoms with E-state index in [0.717, 1.165) is 4.90 Å². The van der Waals surface area contributed by atoms with Crippen molar-refractivity contribution in [1.82, 2.24) is 0 Å². The monoisotopic (exact) mass is 379 g/mol. The van der Waals surface area contributed by atoms with Crippen molar-refractivity contribution in [3.05, 3.63) is 80.9 Å². The van der Waals surface area contributed by atoms with Crippen LogP contribution in [0.1, 0.15) is 16.1 Å². The van der Waals surface area contributed by atoms with Gasteiger partial charge in [0.15, 0.2) is 0 Å². The summed E-state index contributed by atoms with van der Waals surface area (Å²) >= 11 is 1.38. The number of nitro groups is 1. The zero-order valence-electron chi connectivity index (χ0n) is 14.2. The Morgan fingerprint density at radius 2 is 1.93 bits per heavy atom. The maximum absolute atomic E-state index is 12.5. The van der Waals surface area contributed by atoms with Crippen LogP contribution in [-0.2, 0) is 0 Å². The SMILES string of the molecule is COc1ccc(-c2ccc(/C=C3/Sc4ccccc4C3=O)o2)c([N+](=O)[O-])c1. The number of thioether (sulfide) groups is 1. The predicted molar refractivity (Wildman–Crippen MR) is 102 cm³/mol. The van der Waals surface area contributed by atoms with Gasteiger partial charge in [-0.3, -0.25) is 14.9 Å². The molecule has 0 bridgehead atoms. The van der Waals surface area contributed by atoms with E-state index in [4.69, 9.17) is 9.15 Å². The van der Waals surface area contributed by atoms with E-state index in [1.54, 1.807) is 36.4 Å². The van der Waals surface area contributed by atoms with Gasteiger partial charge in [0.25, 0.3) is 5.69 Å². The van der Waals surface area contributed by atoms with Crippen LogP contribution >= 0.6 is 11.8 Å². The number of allylic oxidation sites excluding steroid dienone is 1. The smallest absolute Gasteiger partial charge is 0.284 e. The Bertz CT molecular complexity index is 1100. The van der Waals surface area contributed by atoms with Crippen LogP contribution < -0.4 is 4.74 Å². The van der Waals surface area contributed by atoms with Crippen molar-refractivity contribution >= 4 is 29.3 Å². The molecule has 3 aromatic rings. The van der Waals surface area contributed by atoms with Crippen LogP contribution in [-0.4, -0.2) is 17.8 Å². The van der Waals surface area contributed by atoms with Gasteiger partial charge in [-0.25, -0.2) is 0 Å². The van der Waals surface area contributed by atoms with Gasteiger partial charge in [0, 0.05) is 10.5 Å². The molecule has 1 aromatic heterocycles. The van der Waals surface area contributed by atoms with E-state index >= 15 is 0 Å². The maximum Gasteiger partial charge on any atom is 0.284 e. The van der Waals surface area contributed by atoms with Crippen molar-refractivity contribution in [3.8, 4) is 17.1 Å². The lowest BCUT2D eigenvalue weighted by molar-refractivity contribution is -0.384. The standard InChI is InChI=1S/C20H13NO5S/c1-25-12-6-8-14(16(10-12)21(23)24)17-9-7-13(26-17)11-19-20(22)15-4-2-3-5-18(15)27-19/h2-11H,1H3/b19-11+. The van der Waals surface area contributed by atoms with Gasteiger partial charge in [0.05, 0.1) is 28.6 Å². The number of carbonyl (C=O) groups excluding carboxylic acids is 1. The number of nitro benzene ring substituents is 1. The highest BCUT2D eigenvalue weighted by atomic mass is 32.2. The second-order valence-corrected chi connectivity index (χ2v) is 6.86. The first-order valence-corrected chi connectivity index (χ1v) is 8.84. The van der Waals surface area contributed by atoms with Crippen molar-refractivity contribution in [2.24, 2.45) is 0 Å². The fourth-order valence-corrected chi connectivity index (χ4v) is 3.87. The lowest BCUT2D eigenvalue weighted by Crippen LogP contribution is -1.93. The Hall–Kier alpha value is -3.32. The zero-order valence-corrected chi connectivity index (χ0v) is 15.0. The fraction of sp³-hybridized carbons (Fsp3) is 0.0500. The predicted octanol–water partition coefficient (Wildman–Crippen LogP) is 5.19. The fourth-order valence-electron chi connectivity index (χ4n) is 2.84. The molecule has 0 aliphatic carbocycles.